The normalized spacial score (nSPS) is 10.9. The van der Waals surface area contributed by atoms with Gasteiger partial charge in [-0.3, -0.25) is 4.79 Å². The number of nitriles is 1. The molecule has 2 aromatic carbocycles. The van der Waals surface area contributed by atoms with Crippen LogP contribution in [-0.4, -0.2) is 25.6 Å². The van der Waals surface area contributed by atoms with Crippen LogP contribution in [0.25, 0.3) is 17.2 Å². The van der Waals surface area contributed by atoms with Crippen molar-refractivity contribution in [1.82, 2.24) is 0 Å². The first kappa shape index (κ1) is 24.1. The number of rotatable bonds is 7. The minimum atomic E-state index is -0.641. The van der Waals surface area contributed by atoms with Crippen LogP contribution >= 0.6 is 22.9 Å². The van der Waals surface area contributed by atoms with Crippen LogP contribution in [0, 0.1) is 18.3 Å². The van der Waals surface area contributed by atoms with Crippen LogP contribution in [0.1, 0.15) is 27.7 Å². The Morgan fingerprint density at radius 1 is 1.18 bits per heavy atom. The number of carbonyl (C=O) groups is 2. The van der Waals surface area contributed by atoms with Crippen LogP contribution in [0.15, 0.2) is 54.1 Å². The van der Waals surface area contributed by atoms with E-state index in [2.05, 4.69) is 5.32 Å². The predicted molar refractivity (Wildman–Crippen MR) is 131 cm³/mol. The summed E-state index contributed by atoms with van der Waals surface area (Å²) >= 11 is 7.25. The smallest absolute Gasteiger partial charge is 0.341 e. The predicted octanol–water partition coefficient (Wildman–Crippen LogP) is 6.11. The minimum absolute atomic E-state index is 0.131. The number of anilines is 1. The van der Waals surface area contributed by atoms with Crippen LogP contribution in [0.3, 0.4) is 0 Å². The molecule has 0 fully saturated rings. The lowest BCUT2D eigenvalue weighted by molar-refractivity contribution is -0.112. The van der Waals surface area contributed by atoms with Gasteiger partial charge in [-0.2, -0.15) is 5.26 Å². The van der Waals surface area contributed by atoms with Crippen molar-refractivity contribution in [2.24, 2.45) is 0 Å². The summed E-state index contributed by atoms with van der Waals surface area (Å²) in [4.78, 5) is 26.6. The molecule has 1 amide bonds. The molecule has 0 saturated heterocycles. The van der Waals surface area contributed by atoms with Gasteiger partial charge in [-0.15, -0.1) is 11.3 Å². The number of esters is 1. The van der Waals surface area contributed by atoms with Gasteiger partial charge in [-0.05, 0) is 43.7 Å². The zero-order valence-corrected chi connectivity index (χ0v) is 19.8. The van der Waals surface area contributed by atoms with E-state index < -0.39 is 11.9 Å². The third-order valence-corrected chi connectivity index (χ3v) is 6.00. The Morgan fingerprint density at radius 3 is 2.52 bits per heavy atom. The molecule has 3 aromatic rings. The number of para-hydroxylation sites is 1. The molecule has 1 N–H and O–H groups in total. The number of hydrogen-bond donors (Lipinski definition) is 1. The van der Waals surface area contributed by atoms with Crippen molar-refractivity contribution in [3.8, 4) is 22.9 Å². The van der Waals surface area contributed by atoms with Crippen molar-refractivity contribution in [3.05, 3.63) is 75.1 Å². The van der Waals surface area contributed by atoms with Gasteiger partial charge in [-0.25, -0.2) is 4.79 Å². The van der Waals surface area contributed by atoms with Gasteiger partial charge < -0.3 is 14.8 Å². The summed E-state index contributed by atoms with van der Waals surface area (Å²) in [5, 5.41) is 13.2. The first-order valence-corrected chi connectivity index (χ1v) is 11.2. The molecule has 0 aliphatic carbocycles. The third-order valence-electron chi connectivity index (χ3n) is 4.73. The van der Waals surface area contributed by atoms with E-state index in [1.54, 1.807) is 55.5 Å². The number of hydrogen-bond acceptors (Lipinski definition) is 6. The summed E-state index contributed by atoms with van der Waals surface area (Å²) < 4.78 is 10.5. The van der Waals surface area contributed by atoms with E-state index in [4.69, 9.17) is 21.1 Å². The molecule has 0 aliphatic rings. The molecular weight excluding hydrogens is 460 g/mol. The van der Waals surface area contributed by atoms with E-state index in [1.807, 2.05) is 13.0 Å². The highest BCUT2D eigenvalue weighted by Crippen LogP contribution is 2.41. The highest BCUT2D eigenvalue weighted by atomic mass is 35.5. The maximum Gasteiger partial charge on any atom is 0.341 e. The number of benzene rings is 2. The molecule has 0 saturated carbocycles. The Bertz CT molecular complexity index is 1260. The number of amides is 1. The van der Waals surface area contributed by atoms with E-state index in [-0.39, 0.29) is 17.7 Å². The lowest BCUT2D eigenvalue weighted by Gasteiger charge is -2.09. The molecule has 1 heterocycles. The average molecular weight is 481 g/mol. The van der Waals surface area contributed by atoms with Crippen molar-refractivity contribution in [2.45, 2.75) is 13.8 Å². The van der Waals surface area contributed by atoms with E-state index in [0.717, 1.165) is 10.4 Å². The summed E-state index contributed by atoms with van der Waals surface area (Å²) in [7, 11) is 1.51. The highest BCUT2D eigenvalue weighted by Gasteiger charge is 2.26. The SMILES string of the molecule is CCOC(=O)c1c(NC(=O)C(C#N)=Cc2ccccc2OC)sc(C)c1-c1ccc(Cl)cc1. The van der Waals surface area contributed by atoms with E-state index in [0.29, 0.717) is 26.9 Å². The Hall–Kier alpha value is -3.60. The molecular formula is C25H21ClN2O4S. The van der Waals surface area contributed by atoms with Gasteiger partial charge in [0.15, 0.2) is 0 Å². The molecule has 33 heavy (non-hydrogen) atoms. The van der Waals surface area contributed by atoms with Crippen molar-refractivity contribution in [3.63, 3.8) is 0 Å². The van der Waals surface area contributed by atoms with E-state index >= 15 is 0 Å². The molecule has 0 spiro atoms. The lowest BCUT2D eigenvalue weighted by atomic mass is 10.0. The van der Waals surface area contributed by atoms with Gasteiger partial charge in [0, 0.05) is 21.0 Å². The molecule has 168 valence electrons. The summed E-state index contributed by atoms with van der Waals surface area (Å²) in [5.74, 6) is -0.672. The molecule has 3 rings (SSSR count). The van der Waals surface area contributed by atoms with Crippen molar-refractivity contribution in [2.75, 3.05) is 19.0 Å². The number of thiophene rings is 1. The molecule has 0 bridgehead atoms. The Kier molecular flexibility index (Phi) is 7.88. The average Bonchev–Trinajstić information content (AvgIpc) is 3.13. The first-order chi connectivity index (χ1) is 15.9. The zero-order chi connectivity index (χ0) is 24.0. The second-order valence-corrected chi connectivity index (χ2v) is 8.49. The third kappa shape index (κ3) is 5.43. The molecule has 0 aliphatic heterocycles. The number of ether oxygens (including phenoxy) is 2. The van der Waals surface area contributed by atoms with Gasteiger partial charge in [0.25, 0.3) is 5.91 Å². The van der Waals surface area contributed by atoms with Crippen LogP contribution in [-0.2, 0) is 9.53 Å². The topological polar surface area (TPSA) is 88.4 Å². The molecule has 8 heteroatoms. The van der Waals surface area contributed by atoms with Crippen LogP contribution in [0.5, 0.6) is 5.75 Å². The largest absolute Gasteiger partial charge is 0.496 e. The summed E-state index contributed by atoms with van der Waals surface area (Å²) in [6, 6.07) is 16.0. The van der Waals surface area contributed by atoms with Gasteiger partial charge in [0.1, 0.15) is 28.0 Å². The van der Waals surface area contributed by atoms with Crippen molar-refractivity contribution >= 4 is 45.9 Å². The second-order valence-electron chi connectivity index (χ2n) is 6.83. The summed E-state index contributed by atoms with van der Waals surface area (Å²) in [6.07, 6.45) is 1.44. The Labute approximate surface area is 201 Å². The quantitative estimate of drug-likeness (QED) is 0.250. The maximum absolute atomic E-state index is 13.0. The molecule has 0 radical (unpaired) electrons. The molecule has 6 nitrogen and oxygen atoms in total. The summed E-state index contributed by atoms with van der Waals surface area (Å²) in [5.41, 5.74) is 2.11. The molecule has 0 unspecified atom stereocenters. The summed E-state index contributed by atoms with van der Waals surface area (Å²) in [6.45, 7) is 3.74. The minimum Gasteiger partial charge on any atom is -0.496 e. The number of aryl methyl sites for hydroxylation is 1. The van der Waals surface area contributed by atoms with Gasteiger partial charge in [0.05, 0.1) is 13.7 Å². The zero-order valence-electron chi connectivity index (χ0n) is 18.3. The number of nitrogens with one attached hydrogen (secondary N) is 1. The number of methoxy groups -OCH3 is 1. The maximum atomic E-state index is 13.0. The Morgan fingerprint density at radius 2 is 1.88 bits per heavy atom. The van der Waals surface area contributed by atoms with E-state index in [9.17, 15) is 14.9 Å². The molecule has 1 aromatic heterocycles. The lowest BCUT2D eigenvalue weighted by Crippen LogP contribution is -2.16. The van der Waals surface area contributed by atoms with Crippen LogP contribution < -0.4 is 10.1 Å². The monoisotopic (exact) mass is 480 g/mol. The number of nitrogens with zero attached hydrogens (tertiary/aromatic N) is 1. The van der Waals surface area contributed by atoms with Gasteiger partial charge in [0.2, 0.25) is 0 Å². The number of carbonyl (C=O) groups excluding carboxylic acids is 2. The molecule has 0 atom stereocenters. The second kappa shape index (κ2) is 10.8. The van der Waals surface area contributed by atoms with Gasteiger partial charge in [-0.1, -0.05) is 41.9 Å². The Balaban J connectivity index is 2.03. The fourth-order valence-electron chi connectivity index (χ4n) is 3.26. The van der Waals surface area contributed by atoms with Crippen LogP contribution in [0.2, 0.25) is 5.02 Å². The number of halogens is 1. The standard InChI is InChI=1S/C25H21ClN2O4S/c1-4-32-25(30)22-21(16-9-11-19(26)12-10-16)15(2)33-24(22)28-23(29)18(14-27)13-17-7-5-6-8-20(17)31-3/h5-13H,4H2,1-3H3,(H,28,29). The fraction of sp³-hybridized carbons (Fsp3) is 0.160. The fourth-order valence-corrected chi connectivity index (χ4v) is 4.44. The van der Waals surface area contributed by atoms with Gasteiger partial charge >= 0.3 is 5.97 Å². The van der Waals surface area contributed by atoms with Crippen molar-refractivity contribution < 1.29 is 19.1 Å². The van der Waals surface area contributed by atoms with Crippen molar-refractivity contribution in [1.29, 1.82) is 5.26 Å². The van der Waals surface area contributed by atoms with Crippen LogP contribution in [0.4, 0.5) is 5.00 Å². The highest BCUT2D eigenvalue weighted by molar-refractivity contribution is 7.17. The van der Waals surface area contributed by atoms with E-state index in [1.165, 1.54) is 24.5 Å². The first-order valence-electron chi connectivity index (χ1n) is 10.0.